The van der Waals surface area contributed by atoms with Gasteiger partial charge >= 0.3 is 0 Å². The van der Waals surface area contributed by atoms with Crippen molar-refractivity contribution in [1.82, 2.24) is 14.8 Å². The number of pyridine rings is 1. The van der Waals surface area contributed by atoms with Crippen molar-refractivity contribution in [2.45, 2.75) is 89.0 Å². The lowest BCUT2D eigenvalue weighted by Gasteiger charge is -2.45. The molecule has 4 N–H and O–H groups in total. The Bertz CT molecular complexity index is 1120. The Labute approximate surface area is 219 Å². The van der Waals surface area contributed by atoms with Crippen molar-refractivity contribution in [2.75, 3.05) is 40.9 Å². The molecule has 2 aliphatic heterocycles. The van der Waals surface area contributed by atoms with Crippen LogP contribution in [0.15, 0.2) is 18.5 Å². The van der Waals surface area contributed by atoms with E-state index in [0.717, 1.165) is 57.3 Å². The first-order chi connectivity index (χ1) is 18.1. The zero-order valence-electron chi connectivity index (χ0n) is 21.8. The van der Waals surface area contributed by atoms with E-state index in [-0.39, 0.29) is 23.2 Å². The van der Waals surface area contributed by atoms with E-state index in [2.05, 4.69) is 26.6 Å². The third-order valence-corrected chi connectivity index (χ3v) is 8.64. The Morgan fingerprint density at radius 3 is 2.46 bits per heavy atom. The number of nitrogens with two attached hydrogens (primary N) is 1. The summed E-state index contributed by atoms with van der Waals surface area (Å²) in [6.45, 7) is 2.59. The van der Waals surface area contributed by atoms with Gasteiger partial charge in [0.15, 0.2) is 5.82 Å². The molecule has 0 bridgehead atoms. The molecule has 1 saturated heterocycles. The summed E-state index contributed by atoms with van der Waals surface area (Å²) >= 11 is 0. The number of carbonyl (C=O) groups is 1. The monoisotopic (exact) mass is 504 g/mol. The van der Waals surface area contributed by atoms with E-state index in [9.17, 15) is 10.1 Å². The smallest absolute Gasteiger partial charge is 0.263 e. The molecule has 1 saturated carbocycles. The first-order valence-electron chi connectivity index (χ1n) is 14.1. The molecule has 3 aliphatic rings. The van der Waals surface area contributed by atoms with Gasteiger partial charge in [-0.3, -0.25) is 9.78 Å². The average Bonchev–Trinajstić information content (AvgIpc) is 3.54. The minimum absolute atomic E-state index is 0.126. The van der Waals surface area contributed by atoms with Gasteiger partial charge in [0.1, 0.15) is 11.4 Å². The lowest BCUT2D eigenvalue weighted by molar-refractivity contribution is 0.102. The molecule has 1 atom stereocenters. The van der Waals surface area contributed by atoms with Crippen LogP contribution in [-0.2, 0) is 5.54 Å². The van der Waals surface area contributed by atoms with E-state index in [4.69, 9.17) is 10.8 Å². The normalized spacial score (nSPS) is 21.9. The van der Waals surface area contributed by atoms with Gasteiger partial charge in [-0.1, -0.05) is 51.4 Å². The zero-order chi connectivity index (χ0) is 25.7. The van der Waals surface area contributed by atoms with Crippen molar-refractivity contribution in [2.24, 2.45) is 5.92 Å². The van der Waals surface area contributed by atoms with Gasteiger partial charge < -0.3 is 21.3 Å². The van der Waals surface area contributed by atoms with Gasteiger partial charge in [-0.15, -0.1) is 0 Å². The highest BCUT2D eigenvalue weighted by molar-refractivity contribution is 6.12. The van der Waals surface area contributed by atoms with Crippen LogP contribution in [0.5, 0.6) is 0 Å². The van der Waals surface area contributed by atoms with E-state index < -0.39 is 0 Å². The van der Waals surface area contributed by atoms with Crippen molar-refractivity contribution >= 4 is 28.9 Å². The van der Waals surface area contributed by atoms with Gasteiger partial charge in [0.05, 0.1) is 29.2 Å². The Morgan fingerprint density at radius 2 is 1.78 bits per heavy atom. The molecule has 2 aromatic heterocycles. The second-order valence-corrected chi connectivity index (χ2v) is 10.9. The third-order valence-electron chi connectivity index (χ3n) is 8.64. The number of anilines is 4. The highest BCUT2D eigenvalue weighted by atomic mass is 16.1. The molecule has 5 rings (SSSR count). The van der Waals surface area contributed by atoms with Gasteiger partial charge in [-0.2, -0.15) is 10.4 Å². The maximum atomic E-state index is 13.7. The third kappa shape index (κ3) is 5.11. The molecule has 4 heterocycles. The highest BCUT2D eigenvalue weighted by Crippen LogP contribution is 2.46. The van der Waals surface area contributed by atoms with E-state index in [0.29, 0.717) is 30.0 Å². The van der Waals surface area contributed by atoms with Crippen LogP contribution >= 0.6 is 0 Å². The van der Waals surface area contributed by atoms with Gasteiger partial charge in [0.2, 0.25) is 0 Å². The molecular weight excluding hydrogens is 464 g/mol. The largest absolute Gasteiger partial charge is 0.381 e. The highest BCUT2D eigenvalue weighted by Gasteiger charge is 2.46. The van der Waals surface area contributed by atoms with Crippen molar-refractivity contribution in [3.05, 3.63) is 24.0 Å². The molecule has 0 aromatic carbocycles. The number of nitrogens with zero attached hydrogens (tertiary/aromatic N) is 5. The number of carbonyl (C=O) groups excluding carboxylic acids is 1. The van der Waals surface area contributed by atoms with Crippen LogP contribution in [0.4, 0.5) is 23.0 Å². The summed E-state index contributed by atoms with van der Waals surface area (Å²) in [5.74, 6) is 0.773. The fourth-order valence-electron chi connectivity index (χ4n) is 6.67. The molecule has 37 heavy (non-hydrogen) atoms. The molecule has 1 aliphatic carbocycles. The van der Waals surface area contributed by atoms with E-state index in [1.54, 1.807) is 12.4 Å². The average molecular weight is 505 g/mol. The molecule has 9 heteroatoms. The van der Waals surface area contributed by atoms with Crippen LogP contribution in [0.1, 0.15) is 93.8 Å². The molecule has 1 unspecified atom stereocenters. The quantitative estimate of drug-likeness (QED) is 0.517. The van der Waals surface area contributed by atoms with Crippen LogP contribution < -0.4 is 21.3 Å². The first kappa shape index (κ1) is 25.4. The van der Waals surface area contributed by atoms with Crippen molar-refractivity contribution in [3.8, 4) is 6.07 Å². The summed E-state index contributed by atoms with van der Waals surface area (Å²) in [5, 5.41) is 21.0. The minimum Gasteiger partial charge on any atom is -0.381 e. The van der Waals surface area contributed by atoms with Gasteiger partial charge in [-0.05, 0) is 31.7 Å². The lowest BCUT2D eigenvalue weighted by Crippen LogP contribution is -2.49. The molecule has 198 valence electrons. The number of hydrogen-bond acceptors (Lipinski definition) is 7. The van der Waals surface area contributed by atoms with Crippen LogP contribution in [0, 0.1) is 17.2 Å². The van der Waals surface area contributed by atoms with Crippen LogP contribution in [0.3, 0.4) is 0 Å². The fraction of sp³-hybridized carbons (Fsp3) is 0.643. The maximum absolute atomic E-state index is 13.7. The maximum Gasteiger partial charge on any atom is 0.263 e. The zero-order valence-corrected chi connectivity index (χ0v) is 21.8. The van der Waals surface area contributed by atoms with Crippen molar-refractivity contribution in [1.29, 1.82) is 5.26 Å². The van der Waals surface area contributed by atoms with Gasteiger partial charge in [0, 0.05) is 38.2 Å². The van der Waals surface area contributed by atoms with E-state index in [1.165, 1.54) is 38.5 Å². The molecule has 1 spiro atoms. The summed E-state index contributed by atoms with van der Waals surface area (Å²) in [4.78, 5) is 20.3. The molecule has 9 nitrogen and oxygen atoms in total. The van der Waals surface area contributed by atoms with Crippen LogP contribution in [0.2, 0.25) is 0 Å². The second kappa shape index (κ2) is 11.4. The molecule has 1 amide bonds. The van der Waals surface area contributed by atoms with Gasteiger partial charge in [0.25, 0.3) is 5.91 Å². The summed E-state index contributed by atoms with van der Waals surface area (Å²) in [6, 6.07) is 4.38. The summed E-state index contributed by atoms with van der Waals surface area (Å²) < 4.78 is 2.01. The van der Waals surface area contributed by atoms with E-state index in [1.807, 2.05) is 10.7 Å². The summed E-state index contributed by atoms with van der Waals surface area (Å²) in [5.41, 5.74) is 8.24. The second-order valence-electron chi connectivity index (χ2n) is 10.9. The number of nitriles is 1. The lowest BCUT2D eigenvalue weighted by atomic mass is 9.73. The molecule has 0 radical (unpaired) electrons. The Hall–Kier alpha value is -3.28. The summed E-state index contributed by atoms with van der Waals surface area (Å²) in [7, 11) is 0. The minimum atomic E-state index is -0.303. The topological polar surface area (TPSA) is 125 Å². The number of amides is 1. The van der Waals surface area contributed by atoms with Gasteiger partial charge in [-0.25, -0.2) is 4.68 Å². The first-order valence-corrected chi connectivity index (χ1v) is 14.1. The SMILES string of the molecule is N#CCC1CNc2c(C(=O)Nc3cnccc3N3CCCC3)c(N)nn2C12CCCCCCCCCC2. The fourth-order valence-corrected chi connectivity index (χ4v) is 6.67. The van der Waals surface area contributed by atoms with Crippen molar-refractivity contribution < 1.29 is 4.79 Å². The molecule has 2 fully saturated rings. The number of aromatic nitrogens is 3. The van der Waals surface area contributed by atoms with Crippen molar-refractivity contribution in [3.63, 3.8) is 0 Å². The Balaban J connectivity index is 1.48. The number of fused-ring (bicyclic) bond motifs is 2. The number of nitrogens with one attached hydrogen (secondary N) is 2. The van der Waals surface area contributed by atoms with Crippen LogP contribution in [0.25, 0.3) is 0 Å². The van der Waals surface area contributed by atoms with E-state index >= 15 is 0 Å². The number of rotatable bonds is 4. The Kier molecular flexibility index (Phi) is 7.82. The number of nitrogen functional groups attached to an aromatic ring is 1. The van der Waals surface area contributed by atoms with Crippen LogP contribution in [-0.4, -0.2) is 40.3 Å². The molecular formula is C28H40N8O. The standard InChI is InChI=1S/C28H40N8O/c29-15-11-21-19-32-26-24(27(37)33-22-20-31-16-12-23(22)35-17-9-10-18-35)25(30)34-36(26)28(21)13-7-5-3-1-2-4-6-8-14-28/h12,16,20-21,32H,1-11,13-14,17-19H2,(H2,30,34)(H,33,37). The predicted octanol–water partition coefficient (Wildman–Crippen LogP) is 5.28. The number of hydrogen-bond donors (Lipinski definition) is 3. The predicted molar refractivity (Wildman–Crippen MR) is 147 cm³/mol. The summed E-state index contributed by atoms with van der Waals surface area (Å²) in [6.07, 6.45) is 17.8. The Morgan fingerprint density at radius 1 is 1.11 bits per heavy atom. The molecule has 2 aromatic rings.